The molecular weight excluding hydrogens is 370 g/mol. The molecule has 0 radical (unpaired) electrons. The van der Waals surface area contributed by atoms with Crippen LogP contribution in [0.1, 0.15) is 37.7 Å². The fourth-order valence-corrected chi connectivity index (χ4v) is 3.73. The minimum absolute atomic E-state index is 0.448. The SMILES string of the molecule is Clc1cnc(NC2CCCCC2)nc1-c1ccnc(NCc2ccccc2)c1. The van der Waals surface area contributed by atoms with Crippen molar-refractivity contribution >= 4 is 23.4 Å². The molecule has 1 aliphatic carbocycles. The van der Waals surface area contributed by atoms with E-state index < -0.39 is 0 Å². The van der Waals surface area contributed by atoms with E-state index in [0.29, 0.717) is 23.6 Å². The van der Waals surface area contributed by atoms with Crippen molar-refractivity contribution in [1.29, 1.82) is 0 Å². The predicted molar refractivity (Wildman–Crippen MR) is 115 cm³/mol. The molecule has 1 aromatic carbocycles. The lowest BCUT2D eigenvalue weighted by molar-refractivity contribution is 0.461. The van der Waals surface area contributed by atoms with Crippen LogP contribution in [0.5, 0.6) is 0 Å². The first-order valence-corrected chi connectivity index (χ1v) is 10.2. The van der Waals surface area contributed by atoms with E-state index in [1.807, 2.05) is 30.3 Å². The molecule has 0 aliphatic heterocycles. The van der Waals surface area contributed by atoms with Crippen LogP contribution in [0.2, 0.25) is 5.02 Å². The lowest BCUT2D eigenvalue weighted by atomic mass is 9.96. The second kappa shape index (κ2) is 9.02. The van der Waals surface area contributed by atoms with Crippen LogP contribution in [0.15, 0.2) is 54.9 Å². The van der Waals surface area contributed by atoms with Crippen LogP contribution >= 0.6 is 11.6 Å². The molecule has 0 atom stereocenters. The predicted octanol–water partition coefficient (Wildman–Crippen LogP) is 5.55. The van der Waals surface area contributed by atoms with Crippen molar-refractivity contribution in [2.75, 3.05) is 10.6 Å². The maximum Gasteiger partial charge on any atom is 0.223 e. The van der Waals surface area contributed by atoms with Gasteiger partial charge in [0, 0.05) is 24.3 Å². The first-order valence-electron chi connectivity index (χ1n) is 9.81. The van der Waals surface area contributed by atoms with Crippen LogP contribution in [-0.4, -0.2) is 21.0 Å². The van der Waals surface area contributed by atoms with Crippen molar-refractivity contribution < 1.29 is 0 Å². The molecule has 0 spiro atoms. The fraction of sp³-hybridized carbons (Fsp3) is 0.318. The first kappa shape index (κ1) is 18.7. The smallest absolute Gasteiger partial charge is 0.223 e. The van der Waals surface area contributed by atoms with Gasteiger partial charge in [-0.2, -0.15) is 0 Å². The Morgan fingerprint density at radius 1 is 1.00 bits per heavy atom. The molecule has 2 aromatic heterocycles. The van der Waals surface area contributed by atoms with Crippen molar-refractivity contribution in [1.82, 2.24) is 15.0 Å². The summed E-state index contributed by atoms with van der Waals surface area (Å²) in [6, 6.07) is 14.6. The zero-order valence-corrected chi connectivity index (χ0v) is 16.5. The van der Waals surface area contributed by atoms with Gasteiger partial charge < -0.3 is 10.6 Å². The monoisotopic (exact) mass is 393 g/mol. The van der Waals surface area contributed by atoms with Gasteiger partial charge in [-0.15, -0.1) is 0 Å². The zero-order valence-electron chi connectivity index (χ0n) is 15.7. The molecule has 0 bridgehead atoms. The second-order valence-corrected chi connectivity index (χ2v) is 7.55. The number of benzene rings is 1. The summed E-state index contributed by atoms with van der Waals surface area (Å²) >= 11 is 6.41. The highest BCUT2D eigenvalue weighted by atomic mass is 35.5. The van der Waals surface area contributed by atoms with Gasteiger partial charge >= 0.3 is 0 Å². The van der Waals surface area contributed by atoms with E-state index in [-0.39, 0.29) is 0 Å². The number of nitrogens with zero attached hydrogens (tertiary/aromatic N) is 3. The fourth-order valence-electron chi connectivity index (χ4n) is 3.53. The lowest BCUT2D eigenvalue weighted by Gasteiger charge is -2.22. The average molecular weight is 394 g/mol. The highest BCUT2D eigenvalue weighted by molar-refractivity contribution is 6.32. The van der Waals surface area contributed by atoms with Crippen LogP contribution in [0, 0.1) is 0 Å². The third-order valence-corrected chi connectivity index (χ3v) is 5.31. The third kappa shape index (κ3) is 4.78. The first-order chi connectivity index (χ1) is 13.8. The summed E-state index contributed by atoms with van der Waals surface area (Å²) in [7, 11) is 0. The highest BCUT2D eigenvalue weighted by Gasteiger charge is 2.15. The quantitative estimate of drug-likeness (QED) is 0.575. The molecule has 1 saturated carbocycles. The van der Waals surface area contributed by atoms with Gasteiger partial charge in [-0.3, -0.25) is 0 Å². The van der Waals surface area contributed by atoms with E-state index >= 15 is 0 Å². The molecule has 1 fully saturated rings. The number of hydrogen-bond donors (Lipinski definition) is 2. The van der Waals surface area contributed by atoms with Crippen LogP contribution in [-0.2, 0) is 6.54 Å². The Bertz CT molecular complexity index is 910. The lowest BCUT2D eigenvalue weighted by Crippen LogP contribution is -2.23. The van der Waals surface area contributed by atoms with Gasteiger partial charge in [0.25, 0.3) is 0 Å². The maximum atomic E-state index is 6.41. The maximum absolute atomic E-state index is 6.41. The summed E-state index contributed by atoms with van der Waals surface area (Å²) in [6.07, 6.45) is 9.63. The van der Waals surface area contributed by atoms with Gasteiger partial charge in [0.1, 0.15) is 5.82 Å². The molecule has 5 nitrogen and oxygen atoms in total. The van der Waals surface area contributed by atoms with E-state index in [1.165, 1.54) is 37.7 Å². The van der Waals surface area contributed by atoms with Gasteiger partial charge in [0.2, 0.25) is 5.95 Å². The Hall–Kier alpha value is -2.66. The Balaban J connectivity index is 1.50. The van der Waals surface area contributed by atoms with Crippen molar-refractivity contribution in [3.8, 4) is 11.3 Å². The molecule has 4 rings (SSSR count). The van der Waals surface area contributed by atoms with Crippen molar-refractivity contribution in [2.24, 2.45) is 0 Å². The number of hydrogen-bond acceptors (Lipinski definition) is 5. The van der Waals surface area contributed by atoms with E-state index in [2.05, 4.69) is 37.7 Å². The van der Waals surface area contributed by atoms with Crippen LogP contribution in [0.25, 0.3) is 11.3 Å². The zero-order chi connectivity index (χ0) is 19.2. The summed E-state index contributed by atoms with van der Waals surface area (Å²) in [5, 5.41) is 7.36. The second-order valence-electron chi connectivity index (χ2n) is 7.14. The number of nitrogens with one attached hydrogen (secondary N) is 2. The van der Waals surface area contributed by atoms with E-state index in [9.17, 15) is 0 Å². The number of anilines is 2. The van der Waals surface area contributed by atoms with Gasteiger partial charge in [0.05, 0.1) is 16.9 Å². The molecule has 2 N–H and O–H groups in total. The van der Waals surface area contributed by atoms with Crippen LogP contribution in [0.4, 0.5) is 11.8 Å². The minimum Gasteiger partial charge on any atom is -0.366 e. The molecule has 3 aromatic rings. The number of aromatic nitrogens is 3. The van der Waals surface area contributed by atoms with Crippen LogP contribution in [0.3, 0.4) is 0 Å². The molecule has 0 unspecified atom stereocenters. The van der Waals surface area contributed by atoms with E-state index in [4.69, 9.17) is 11.6 Å². The summed E-state index contributed by atoms with van der Waals surface area (Å²) in [5.41, 5.74) is 2.85. The largest absolute Gasteiger partial charge is 0.366 e. The third-order valence-electron chi connectivity index (χ3n) is 5.03. The molecular formula is C22H24ClN5. The summed E-state index contributed by atoms with van der Waals surface area (Å²) in [5.74, 6) is 1.43. The Morgan fingerprint density at radius 3 is 2.64 bits per heavy atom. The summed E-state index contributed by atoms with van der Waals surface area (Å²) < 4.78 is 0. The molecule has 2 heterocycles. The Labute approximate surface area is 170 Å². The molecule has 0 saturated heterocycles. The minimum atomic E-state index is 0.448. The molecule has 0 amide bonds. The van der Waals surface area contributed by atoms with Gasteiger partial charge in [-0.05, 0) is 30.5 Å². The van der Waals surface area contributed by atoms with Gasteiger partial charge in [0.15, 0.2) is 0 Å². The highest BCUT2D eigenvalue weighted by Crippen LogP contribution is 2.28. The van der Waals surface area contributed by atoms with E-state index in [0.717, 1.165) is 17.1 Å². The number of halogens is 1. The summed E-state index contributed by atoms with van der Waals surface area (Å²) in [4.78, 5) is 13.5. The average Bonchev–Trinajstić information content (AvgIpc) is 2.75. The molecule has 6 heteroatoms. The molecule has 28 heavy (non-hydrogen) atoms. The number of pyridine rings is 1. The van der Waals surface area contributed by atoms with Gasteiger partial charge in [-0.1, -0.05) is 61.2 Å². The summed E-state index contributed by atoms with van der Waals surface area (Å²) in [6.45, 7) is 0.712. The van der Waals surface area contributed by atoms with Gasteiger partial charge in [-0.25, -0.2) is 15.0 Å². The topological polar surface area (TPSA) is 62.7 Å². The van der Waals surface area contributed by atoms with Crippen LogP contribution < -0.4 is 10.6 Å². The van der Waals surface area contributed by atoms with Crippen molar-refractivity contribution in [3.05, 3.63) is 65.4 Å². The normalized spacial score (nSPS) is 14.6. The molecule has 144 valence electrons. The van der Waals surface area contributed by atoms with E-state index in [1.54, 1.807) is 12.4 Å². The Morgan fingerprint density at radius 2 is 1.82 bits per heavy atom. The standard InChI is InChI=1S/C22H24ClN5/c23-19-15-26-22(27-18-9-5-2-6-10-18)28-21(19)17-11-12-24-20(13-17)25-14-16-7-3-1-4-8-16/h1,3-4,7-8,11-13,15,18H,2,5-6,9-10,14H2,(H,24,25)(H,26,27,28). The number of rotatable bonds is 6. The van der Waals surface area contributed by atoms with Crippen molar-refractivity contribution in [2.45, 2.75) is 44.7 Å². The Kier molecular flexibility index (Phi) is 6.02. The van der Waals surface area contributed by atoms with Crippen molar-refractivity contribution in [3.63, 3.8) is 0 Å². The molecule has 1 aliphatic rings.